The Balaban J connectivity index is 2.34. The van der Waals surface area contributed by atoms with Crippen LogP contribution >= 0.6 is 23.2 Å². The van der Waals surface area contributed by atoms with E-state index in [-0.39, 0.29) is 10.7 Å². The Kier molecular flexibility index (Phi) is 4.38. The summed E-state index contributed by atoms with van der Waals surface area (Å²) in [6, 6.07) is 8.52. The zero-order chi connectivity index (χ0) is 17.5. The molecule has 0 spiro atoms. The molecule has 0 unspecified atom stereocenters. The van der Waals surface area contributed by atoms with Crippen LogP contribution in [0.4, 0.5) is 0 Å². The van der Waals surface area contributed by atoms with Gasteiger partial charge < -0.3 is 4.98 Å². The fraction of sp³-hybridized carbons (Fsp3) is 0.125. The second kappa shape index (κ2) is 6.20. The quantitative estimate of drug-likeness (QED) is 0.696. The van der Waals surface area contributed by atoms with E-state index < -0.39 is 21.4 Å². The van der Waals surface area contributed by atoms with Crippen LogP contribution in [-0.2, 0) is 9.84 Å². The van der Waals surface area contributed by atoms with Crippen molar-refractivity contribution >= 4 is 49.7 Å². The molecule has 2 aromatic heterocycles. The monoisotopic (exact) mass is 382 g/mol. The molecule has 8 heteroatoms. The van der Waals surface area contributed by atoms with Crippen molar-refractivity contribution in [3.63, 3.8) is 0 Å². The number of nitrogens with one attached hydrogen (secondary N) is 1. The molecular weight excluding hydrogens is 371 g/mol. The number of sulfone groups is 1. The molecule has 0 aliphatic heterocycles. The minimum absolute atomic E-state index is 0.151. The lowest BCUT2D eigenvalue weighted by Crippen LogP contribution is -2.15. The number of nitrogens with zero attached hydrogens (tertiary/aromatic N) is 1. The Morgan fingerprint density at radius 2 is 1.96 bits per heavy atom. The van der Waals surface area contributed by atoms with Crippen molar-refractivity contribution in [2.75, 3.05) is 12.0 Å². The lowest BCUT2D eigenvalue weighted by Gasteiger charge is -2.05. The molecule has 5 nitrogen and oxygen atoms in total. The van der Waals surface area contributed by atoms with Crippen LogP contribution in [0, 0.1) is 0 Å². The van der Waals surface area contributed by atoms with Crippen LogP contribution in [0.15, 0.2) is 36.5 Å². The van der Waals surface area contributed by atoms with E-state index >= 15 is 0 Å². The number of aromatic amines is 1. The summed E-state index contributed by atoms with van der Waals surface area (Å²) in [5.74, 6) is -1.16. The van der Waals surface area contributed by atoms with Crippen LogP contribution in [0.5, 0.6) is 0 Å². The van der Waals surface area contributed by atoms with Gasteiger partial charge in [-0.1, -0.05) is 29.3 Å². The van der Waals surface area contributed by atoms with Crippen molar-refractivity contribution in [3.8, 4) is 11.3 Å². The van der Waals surface area contributed by atoms with Gasteiger partial charge >= 0.3 is 0 Å². The highest BCUT2D eigenvalue weighted by Gasteiger charge is 2.24. The molecule has 3 rings (SSSR count). The number of aromatic nitrogens is 2. The van der Waals surface area contributed by atoms with Crippen LogP contribution in [0.1, 0.15) is 10.5 Å². The molecule has 0 fully saturated rings. The summed E-state index contributed by atoms with van der Waals surface area (Å²) in [5, 5.41) is 1.16. The molecule has 1 N–H and O–H groups in total. The average Bonchev–Trinajstić information content (AvgIpc) is 2.90. The number of rotatable bonds is 4. The van der Waals surface area contributed by atoms with Gasteiger partial charge in [-0.3, -0.25) is 9.78 Å². The number of ketones is 1. The van der Waals surface area contributed by atoms with Gasteiger partial charge in [0.25, 0.3) is 0 Å². The summed E-state index contributed by atoms with van der Waals surface area (Å²) in [5.41, 5.74) is 1.69. The van der Waals surface area contributed by atoms with E-state index in [1.165, 1.54) is 0 Å². The van der Waals surface area contributed by atoms with Gasteiger partial charge in [0.05, 0.1) is 21.4 Å². The van der Waals surface area contributed by atoms with E-state index in [1.807, 2.05) is 0 Å². The van der Waals surface area contributed by atoms with Gasteiger partial charge in [-0.2, -0.15) is 0 Å². The van der Waals surface area contributed by atoms with Crippen molar-refractivity contribution in [2.24, 2.45) is 0 Å². The molecule has 0 atom stereocenters. The van der Waals surface area contributed by atoms with E-state index in [2.05, 4.69) is 9.97 Å². The summed E-state index contributed by atoms with van der Waals surface area (Å²) in [6.45, 7) is 0. The zero-order valence-electron chi connectivity index (χ0n) is 12.5. The van der Waals surface area contributed by atoms with Crippen molar-refractivity contribution < 1.29 is 13.2 Å². The van der Waals surface area contributed by atoms with Crippen LogP contribution in [-0.4, -0.2) is 36.2 Å². The first kappa shape index (κ1) is 17.0. The van der Waals surface area contributed by atoms with E-state index in [1.54, 1.807) is 36.5 Å². The molecule has 3 aromatic rings. The number of halogens is 2. The van der Waals surface area contributed by atoms with Crippen molar-refractivity contribution in [3.05, 3.63) is 52.3 Å². The lowest BCUT2D eigenvalue weighted by molar-refractivity contribution is 0.101. The zero-order valence-corrected chi connectivity index (χ0v) is 14.8. The van der Waals surface area contributed by atoms with Gasteiger partial charge in [0.15, 0.2) is 15.6 Å². The highest BCUT2D eigenvalue weighted by molar-refractivity contribution is 7.91. The van der Waals surface area contributed by atoms with E-state index in [0.717, 1.165) is 6.26 Å². The first-order chi connectivity index (χ1) is 11.3. The fourth-order valence-electron chi connectivity index (χ4n) is 2.51. The van der Waals surface area contributed by atoms with Gasteiger partial charge in [-0.15, -0.1) is 0 Å². The number of pyridine rings is 1. The number of benzene rings is 1. The highest BCUT2D eigenvalue weighted by Crippen LogP contribution is 2.39. The van der Waals surface area contributed by atoms with Crippen LogP contribution in [0.3, 0.4) is 0 Å². The second-order valence-corrected chi connectivity index (χ2v) is 8.29. The smallest absolute Gasteiger partial charge is 0.194 e. The predicted octanol–water partition coefficient (Wildman–Crippen LogP) is 3.76. The Morgan fingerprint density at radius 1 is 1.21 bits per heavy atom. The van der Waals surface area contributed by atoms with Gasteiger partial charge in [0, 0.05) is 28.9 Å². The Morgan fingerprint density at radius 3 is 2.58 bits per heavy atom. The maximum atomic E-state index is 12.5. The molecule has 0 saturated heterocycles. The minimum Gasteiger partial charge on any atom is -0.351 e. The number of Topliss-reactive ketones (excluding diaryl/α,β-unsaturated/α-hetero) is 1. The summed E-state index contributed by atoms with van der Waals surface area (Å²) >= 11 is 12.4. The molecule has 0 aliphatic rings. The fourth-order valence-corrected chi connectivity index (χ4v) is 3.54. The molecule has 124 valence electrons. The average molecular weight is 383 g/mol. The molecule has 0 saturated carbocycles. The topological polar surface area (TPSA) is 79.9 Å². The maximum absolute atomic E-state index is 12.5. The normalized spacial score (nSPS) is 11.8. The highest BCUT2D eigenvalue weighted by atomic mass is 35.5. The number of H-pyrrole nitrogens is 1. The SMILES string of the molecule is CS(=O)(=O)CC(=O)c1[nH]c2ccc(Cl)c(Cl)c2c1-c1ccccn1. The third-order valence-electron chi connectivity index (χ3n) is 3.45. The summed E-state index contributed by atoms with van der Waals surface area (Å²) in [7, 11) is -3.48. The number of hydrogen-bond acceptors (Lipinski definition) is 4. The molecular formula is C16H12Cl2N2O3S. The number of carbonyl (C=O) groups is 1. The first-order valence-corrected chi connectivity index (χ1v) is 9.71. The Bertz CT molecular complexity index is 1040. The Labute approximate surface area is 148 Å². The van der Waals surface area contributed by atoms with Crippen molar-refractivity contribution in [2.45, 2.75) is 0 Å². The third-order valence-corrected chi connectivity index (χ3v) is 5.04. The standard InChI is InChI=1S/C16H12Cl2N2O3S/c1-24(22,23)8-12(21)16-14(10-4-2-3-7-19-10)13-11(20-16)6-5-9(17)15(13)18/h2-7,20H,8H2,1H3. The molecule has 0 aliphatic carbocycles. The van der Waals surface area contributed by atoms with E-state index in [0.29, 0.717) is 27.2 Å². The molecule has 0 radical (unpaired) electrons. The molecule has 0 bridgehead atoms. The number of fused-ring (bicyclic) bond motifs is 1. The van der Waals surface area contributed by atoms with Crippen molar-refractivity contribution in [1.29, 1.82) is 0 Å². The lowest BCUT2D eigenvalue weighted by atomic mass is 10.0. The summed E-state index contributed by atoms with van der Waals surface area (Å²) in [6.07, 6.45) is 2.59. The summed E-state index contributed by atoms with van der Waals surface area (Å²) < 4.78 is 23.0. The van der Waals surface area contributed by atoms with Gasteiger partial charge in [-0.05, 0) is 24.3 Å². The number of hydrogen-bond donors (Lipinski definition) is 1. The van der Waals surface area contributed by atoms with Crippen LogP contribution in [0.25, 0.3) is 22.2 Å². The Hall–Kier alpha value is -1.89. The van der Waals surface area contributed by atoms with E-state index in [9.17, 15) is 13.2 Å². The van der Waals surface area contributed by atoms with Crippen molar-refractivity contribution in [1.82, 2.24) is 9.97 Å². The van der Waals surface area contributed by atoms with Crippen LogP contribution in [0.2, 0.25) is 10.0 Å². The molecule has 2 heterocycles. The third kappa shape index (κ3) is 3.17. The first-order valence-electron chi connectivity index (χ1n) is 6.90. The van der Waals surface area contributed by atoms with Gasteiger partial charge in [0.1, 0.15) is 5.75 Å². The van der Waals surface area contributed by atoms with Gasteiger partial charge in [-0.25, -0.2) is 8.42 Å². The molecule has 24 heavy (non-hydrogen) atoms. The van der Waals surface area contributed by atoms with Gasteiger partial charge in [0.2, 0.25) is 0 Å². The summed E-state index contributed by atoms with van der Waals surface area (Å²) in [4.78, 5) is 19.7. The molecule has 1 aromatic carbocycles. The van der Waals surface area contributed by atoms with E-state index in [4.69, 9.17) is 23.2 Å². The maximum Gasteiger partial charge on any atom is 0.194 e. The predicted molar refractivity (Wildman–Crippen MR) is 95.6 cm³/mol. The molecule has 0 amide bonds. The largest absolute Gasteiger partial charge is 0.351 e. The minimum atomic E-state index is -3.48. The number of carbonyl (C=O) groups excluding carboxylic acids is 1. The second-order valence-electron chi connectivity index (χ2n) is 5.37. The van der Waals surface area contributed by atoms with Crippen LogP contribution < -0.4 is 0 Å².